The number of hydrogen-bond donors (Lipinski definition) is 2. The van der Waals surface area contributed by atoms with Crippen LogP contribution < -0.4 is 11.1 Å². The zero-order valence-electron chi connectivity index (χ0n) is 11.1. The third kappa shape index (κ3) is 3.53. The van der Waals surface area contributed by atoms with E-state index in [1.165, 1.54) is 6.42 Å². The van der Waals surface area contributed by atoms with Gasteiger partial charge in [-0.15, -0.1) is 0 Å². The Morgan fingerprint density at radius 1 is 1.47 bits per heavy atom. The molecule has 102 valence electrons. The number of hydrogen-bond acceptors (Lipinski definition) is 2. The Morgan fingerprint density at radius 2 is 2.16 bits per heavy atom. The van der Waals surface area contributed by atoms with Crippen LogP contribution in [-0.2, 0) is 4.79 Å². The second-order valence-electron chi connectivity index (χ2n) is 5.15. The van der Waals surface area contributed by atoms with Gasteiger partial charge in [-0.25, -0.2) is 0 Å². The van der Waals surface area contributed by atoms with Crippen LogP contribution >= 0.6 is 12.2 Å². The van der Waals surface area contributed by atoms with Crippen molar-refractivity contribution < 1.29 is 4.79 Å². The van der Waals surface area contributed by atoms with E-state index in [-0.39, 0.29) is 10.9 Å². The fourth-order valence-corrected chi connectivity index (χ4v) is 2.71. The van der Waals surface area contributed by atoms with Crippen molar-refractivity contribution in [2.75, 3.05) is 0 Å². The van der Waals surface area contributed by atoms with Crippen LogP contribution in [0.3, 0.4) is 0 Å². The van der Waals surface area contributed by atoms with Gasteiger partial charge < -0.3 is 11.1 Å². The Bertz CT molecular complexity index is 460. The lowest BCUT2D eigenvalue weighted by Gasteiger charge is -2.16. The van der Waals surface area contributed by atoms with Gasteiger partial charge in [0.1, 0.15) is 5.92 Å². The molecule has 1 aliphatic rings. The zero-order chi connectivity index (χ0) is 13.8. The smallest absolute Gasteiger partial charge is 0.234 e. The molecule has 0 bridgehead atoms. The molecule has 0 spiro atoms. The lowest BCUT2D eigenvalue weighted by Crippen LogP contribution is -2.37. The summed E-state index contributed by atoms with van der Waals surface area (Å²) < 4.78 is 0. The van der Waals surface area contributed by atoms with E-state index >= 15 is 0 Å². The molecule has 4 heteroatoms. The minimum atomic E-state index is -0.515. The second kappa shape index (κ2) is 6.15. The highest BCUT2D eigenvalue weighted by atomic mass is 32.1. The lowest BCUT2D eigenvalue weighted by atomic mass is 9.98. The topological polar surface area (TPSA) is 55.1 Å². The SMILES string of the molecule is CCCC1CC1NC(=O)C(C(N)=S)c1ccccc1. The molecule has 3 unspecified atom stereocenters. The van der Waals surface area contributed by atoms with Crippen molar-refractivity contribution in [3.8, 4) is 0 Å². The molecule has 1 aromatic rings. The molecule has 1 amide bonds. The molecule has 1 aromatic carbocycles. The molecule has 19 heavy (non-hydrogen) atoms. The minimum Gasteiger partial charge on any atom is -0.392 e. The first-order chi connectivity index (χ1) is 9.13. The average molecular weight is 276 g/mol. The first kappa shape index (κ1) is 14.0. The first-order valence-corrected chi connectivity index (χ1v) is 7.19. The van der Waals surface area contributed by atoms with Crippen molar-refractivity contribution >= 4 is 23.1 Å². The van der Waals surface area contributed by atoms with Crippen LogP contribution in [0.5, 0.6) is 0 Å². The van der Waals surface area contributed by atoms with Crippen LogP contribution in [0.15, 0.2) is 30.3 Å². The number of benzene rings is 1. The highest BCUT2D eigenvalue weighted by Crippen LogP contribution is 2.35. The number of nitrogens with one attached hydrogen (secondary N) is 1. The van der Waals surface area contributed by atoms with E-state index in [2.05, 4.69) is 12.2 Å². The Kier molecular flexibility index (Phi) is 4.53. The summed E-state index contributed by atoms with van der Waals surface area (Å²) in [5.41, 5.74) is 6.59. The van der Waals surface area contributed by atoms with Gasteiger partial charge in [-0.1, -0.05) is 55.9 Å². The second-order valence-corrected chi connectivity index (χ2v) is 5.62. The van der Waals surface area contributed by atoms with Gasteiger partial charge in [0.25, 0.3) is 0 Å². The third-order valence-electron chi connectivity index (χ3n) is 3.59. The molecule has 3 nitrogen and oxygen atoms in total. The fourth-order valence-electron chi connectivity index (χ4n) is 2.47. The molecule has 1 saturated carbocycles. The van der Waals surface area contributed by atoms with Crippen molar-refractivity contribution in [2.45, 2.75) is 38.1 Å². The number of rotatable bonds is 6. The monoisotopic (exact) mass is 276 g/mol. The van der Waals surface area contributed by atoms with Gasteiger partial charge in [0, 0.05) is 6.04 Å². The molecule has 0 aliphatic heterocycles. The molecule has 0 aromatic heterocycles. The average Bonchev–Trinajstić information content (AvgIpc) is 3.08. The van der Waals surface area contributed by atoms with E-state index in [1.807, 2.05) is 30.3 Å². The maximum atomic E-state index is 12.3. The fraction of sp³-hybridized carbons (Fsp3) is 0.467. The summed E-state index contributed by atoms with van der Waals surface area (Å²) in [5.74, 6) is 0.0538. The molecule has 0 radical (unpaired) electrons. The number of carbonyl (C=O) groups is 1. The van der Waals surface area contributed by atoms with E-state index in [0.717, 1.165) is 18.4 Å². The molecular formula is C15H20N2OS. The highest BCUT2D eigenvalue weighted by molar-refractivity contribution is 7.80. The van der Waals surface area contributed by atoms with E-state index in [0.29, 0.717) is 12.0 Å². The lowest BCUT2D eigenvalue weighted by molar-refractivity contribution is -0.121. The molecular weight excluding hydrogens is 256 g/mol. The van der Waals surface area contributed by atoms with E-state index < -0.39 is 5.92 Å². The van der Waals surface area contributed by atoms with Gasteiger partial charge in [-0.2, -0.15) is 0 Å². The summed E-state index contributed by atoms with van der Waals surface area (Å²) in [5, 5.41) is 3.06. The van der Waals surface area contributed by atoms with Gasteiger partial charge in [-0.05, 0) is 24.3 Å². The van der Waals surface area contributed by atoms with Crippen LogP contribution in [-0.4, -0.2) is 16.9 Å². The van der Waals surface area contributed by atoms with Crippen molar-refractivity contribution in [2.24, 2.45) is 11.7 Å². The van der Waals surface area contributed by atoms with Gasteiger partial charge in [-0.3, -0.25) is 4.79 Å². The van der Waals surface area contributed by atoms with Gasteiger partial charge >= 0.3 is 0 Å². The quantitative estimate of drug-likeness (QED) is 0.784. The summed E-state index contributed by atoms with van der Waals surface area (Å²) >= 11 is 5.05. The van der Waals surface area contributed by atoms with Crippen molar-refractivity contribution in [3.05, 3.63) is 35.9 Å². The van der Waals surface area contributed by atoms with Crippen LogP contribution in [0.1, 0.15) is 37.7 Å². The molecule has 3 atom stereocenters. The minimum absolute atomic E-state index is 0.0673. The molecule has 0 heterocycles. The summed E-state index contributed by atoms with van der Waals surface area (Å²) in [6, 6.07) is 9.79. The van der Waals surface area contributed by atoms with E-state index in [4.69, 9.17) is 18.0 Å². The van der Waals surface area contributed by atoms with Crippen molar-refractivity contribution in [1.29, 1.82) is 0 Å². The Balaban J connectivity index is 2.01. The zero-order valence-corrected chi connectivity index (χ0v) is 12.0. The summed E-state index contributed by atoms with van der Waals surface area (Å²) in [4.78, 5) is 12.5. The molecule has 0 saturated heterocycles. The Morgan fingerprint density at radius 3 is 2.74 bits per heavy atom. The predicted molar refractivity (Wildman–Crippen MR) is 80.9 cm³/mol. The van der Waals surface area contributed by atoms with Crippen LogP contribution in [0.4, 0.5) is 0 Å². The van der Waals surface area contributed by atoms with Crippen LogP contribution in [0.25, 0.3) is 0 Å². The number of amides is 1. The van der Waals surface area contributed by atoms with Crippen LogP contribution in [0.2, 0.25) is 0 Å². The van der Waals surface area contributed by atoms with Gasteiger partial charge in [0.05, 0.1) is 4.99 Å². The normalized spacial score (nSPS) is 22.6. The summed E-state index contributed by atoms with van der Waals surface area (Å²) in [6.07, 6.45) is 3.42. The standard InChI is InChI=1S/C15H20N2OS/c1-2-6-11-9-12(11)17-15(18)13(14(16)19)10-7-4-3-5-8-10/h3-5,7-8,11-13H,2,6,9H2,1H3,(H2,16,19)(H,17,18). The van der Waals surface area contributed by atoms with Crippen molar-refractivity contribution in [1.82, 2.24) is 5.32 Å². The molecule has 1 aliphatic carbocycles. The summed E-state index contributed by atoms with van der Waals surface area (Å²) in [6.45, 7) is 2.17. The Labute approximate surface area is 119 Å². The summed E-state index contributed by atoms with van der Waals surface area (Å²) in [7, 11) is 0. The number of thiocarbonyl (C=S) groups is 1. The van der Waals surface area contributed by atoms with Crippen molar-refractivity contribution in [3.63, 3.8) is 0 Å². The third-order valence-corrected chi connectivity index (χ3v) is 3.83. The van der Waals surface area contributed by atoms with Gasteiger partial charge in [0.2, 0.25) is 5.91 Å². The van der Waals surface area contributed by atoms with E-state index in [9.17, 15) is 4.79 Å². The number of nitrogens with two attached hydrogens (primary N) is 1. The largest absolute Gasteiger partial charge is 0.392 e. The van der Waals surface area contributed by atoms with Crippen LogP contribution in [0, 0.1) is 5.92 Å². The van der Waals surface area contributed by atoms with E-state index in [1.54, 1.807) is 0 Å². The number of carbonyl (C=O) groups excluding carboxylic acids is 1. The maximum absolute atomic E-state index is 12.3. The van der Waals surface area contributed by atoms with Gasteiger partial charge in [0.15, 0.2) is 0 Å². The Hall–Kier alpha value is -1.42. The molecule has 1 fully saturated rings. The molecule has 2 rings (SSSR count). The highest BCUT2D eigenvalue weighted by Gasteiger charge is 2.38. The molecule has 3 N–H and O–H groups in total. The maximum Gasteiger partial charge on any atom is 0.234 e. The first-order valence-electron chi connectivity index (χ1n) is 6.78. The predicted octanol–water partition coefficient (Wildman–Crippen LogP) is 2.36.